The quantitative estimate of drug-likeness (QED) is 0.806. The number of fused-ring (bicyclic) bond motifs is 1. The molecule has 1 aliphatic heterocycles. The van der Waals surface area contributed by atoms with E-state index in [-0.39, 0.29) is 6.10 Å². The van der Waals surface area contributed by atoms with Gasteiger partial charge in [-0.2, -0.15) is 0 Å². The lowest BCUT2D eigenvalue weighted by Gasteiger charge is -2.36. The average Bonchev–Trinajstić information content (AvgIpc) is 2.27. The molecule has 0 saturated carbocycles. The molecule has 1 saturated heterocycles. The molecule has 1 aliphatic rings. The number of nitrogens with zero attached hydrogens (tertiary/aromatic N) is 2. The van der Waals surface area contributed by atoms with Crippen LogP contribution in [0.1, 0.15) is 5.56 Å². The molecule has 0 spiro atoms. The molecule has 1 fully saturated rings. The van der Waals surface area contributed by atoms with Gasteiger partial charge < -0.3 is 10.8 Å². The topological polar surface area (TPSA) is 62.4 Å². The van der Waals surface area contributed by atoms with Crippen LogP contribution in [0.5, 0.6) is 0 Å². The van der Waals surface area contributed by atoms with Crippen molar-refractivity contribution in [2.75, 3.05) is 18.8 Å². The van der Waals surface area contributed by atoms with E-state index in [1.165, 1.54) is 5.56 Å². The monoisotopic (exact) mass is 229 g/mol. The fourth-order valence-electron chi connectivity index (χ4n) is 2.28. The number of aromatic nitrogens is 1. The van der Waals surface area contributed by atoms with E-state index in [0.29, 0.717) is 5.82 Å². The highest BCUT2D eigenvalue weighted by Gasteiger charge is 2.24. The van der Waals surface area contributed by atoms with Crippen molar-refractivity contribution >= 4 is 16.7 Å². The van der Waals surface area contributed by atoms with E-state index in [2.05, 4.69) is 16.0 Å². The van der Waals surface area contributed by atoms with Crippen LogP contribution in [0.25, 0.3) is 10.9 Å². The zero-order valence-electron chi connectivity index (χ0n) is 9.50. The van der Waals surface area contributed by atoms with Crippen LogP contribution in [0.4, 0.5) is 5.82 Å². The Morgan fingerprint density at radius 3 is 2.88 bits per heavy atom. The molecule has 0 radical (unpaired) electrons. The van der Waals surface area contributed by atoms with Crippen LogP contribution < -0.4 is 5.73 Å². The van der Waals surface area contributed by atoms with Crippen LogP contribution in [0.15, 0.2) is 30.3 Å². The number of hydrogen-bond acceptors (Lipinski definition) is 4. The van der Waals surface area contributed by atoms with Crippen molar-refractivity contribution in [1.82, 2.24) is 9.88 Å². The number of benzene rings is 1. The molecule has 88 valence electrons. The largest absolute Gasteiger partial charge is 0.390 e. The summed E-state index contributed by atoms with van der Waals surface area (Å²) in [7, 11) is 0. The lowest BCUT2D eigenvalue weighted by molar-refractivity contribution is -0.00263. The SMILES string of the molecule is Nc1ccc2c(CN3CC(O)C3)cccc2n1. The fourth-order valence-corrected chi connectivity index (χ4v) is 2.28. The molecule has 17 heavy (non-hydrogen) atoms. The summed E-state index contributed by atoms with van der Waals surface area (Å²) in [6.07, 6.45) is -0.154. The van der Waals surface area contributed by atoms with E-state index in [4.69, 9.17) is 5.73 Å². The van der Waals surface area contributed by atoms with Gasteiger partial charge in [0, 0.05) is 25.0 Å². The summed E-state index contributed by atoms with van der Waals surface area (Å²) in [5, 5.41) is 10.4. The van der Waals surface area contributed by atoms with E-state index in [1.54, 1.807) is 0 Å². The molecule has 0 unspecified atom stereocenters. The van der Waals surface area contributed by atoms with Gasteiger partial charge in [-0.3, -0.25) is 4.90 Å². The van der Waals surface area contributed by atoms with Crippen molar-refractivity contribution in [2.24, 2.45) is 0 Å². The molecular weight excluding hydrogens is 214 g/mol. The van der Waals surface area contributed by atoms with Crippen molar-refractivity contribution in [2.45, 2.75) is 12.6 Å². The Morgan fingerprint density at radius 2 is 2.12 bits per heavy atom. The van der Waals surface area contributed by atoms with Crippen molar-refractivity contribution in [3.05, 3.63) is 35.9 Å². The minimum absolute atomic E-state index is 0.154. The standard InChI is InChI=1S/C13H15N3O/c14-13-5-4-11-9(2-1-3-12(11)15-13)6-16-7-10(17)8-16/h1-5,10,17H,6-8H2,(H2,14,15). The summed E-state index contributed by atoms with van der Waals surface area (Å²) in [5.74, 6) is 0.550. The number of aliphatic hydroxyl groups is 1. The maximum atomic E-state index is 9.28. The number of nitrogens with two attached hydrogens (primary N) is 1. The summed E-state index contributed by atoms with van der Waals surface area (Å²) in [4.78, 5) is 6.53. The zero-order valence-corrected chi connectivity index (χ0v) is 9.50. The first-order chi connectivity index (χ1) is 8.22. The van der Waals surface area contributed by atoms with Gasteiger partial charge >= 0.3 is 0 Å². The van der Waals surface area contributed by atoms with E-state index in [1.807, 2.05) is 24.3 Å². The first-order valence-electron chi connectivity index (χ1n) is 5.77. The number of aliphatic hydroxyl groups excluding tert-OH is 1. The molecule has 3 rings (SSSR count). The third kappa shape index (κ3) is 1.97. The van der Waals surface area contributed by atoms with E-state index < -0.39 is 0 Å². The van der Waals surface area contributed by atoms with Crippen molar-refractivity contribution < 1.29 is 5.11 Å². The van der Waals surface area contributed by atoms with Crippen LogP contribution in [-0.2, 0) is 6.54 Å². The highest BCUT2D eigenvalue weighted by atomic mass is 16.3. The number of hydrogen-bond donors (Lipinski definition) is 2. The lowest BCUT2D eigenvalue weighted by atomic mass is 10.1. The van der Waals surface area contributed by atoms with Crippen LogP contribution in [0.3, 0.4) is 0 Å². The van der Waals surface area contributed by atoms with Gasteiger partial charge in [-0.1, -0.05) is 12.1 Å². The number of nitrogen functional groups attached to an aromatic ring is 1. The predicted molar refractivity (Wildman–Crippen MR) is 67.4 cm³/mol. The van der Waals surface area contributed by atoms with Crippen LogP contribution >= 0.6 is 0 Å². The molecule has 1 aromatic heterocycles. The minimum Gasteiger partial charge on any atom is -0.390 e. The Bertz CT molecular complexity index is 549. The normalized spacial score (nSPS) is 17.2. The minimum atomic E-state index is -0.154. The highest BCUT2D eigenvalue weighted by molar-refractivity contribution is 5.83. The molecule has 4 nitrogen and oxygen atoms in total. The first kappa shape index (κ1) is 10.5. The molecule has 0 bridgehead atoms. The van der Waals surface area contributed by atoms with Crippen molar-refractivity contribution in [3.8, 4) is 0 Å². The summed E-state index contributed by atoms with van der Waals surface area (Å²) in [6, 6.07) is 9.92. The molecular formula is C13H15N3O. The number of rotatable bonds is 2. The molecule has 0 amide bonds. The number of likely N-dealkylation sites (tertiary alicyclic amines) is 1. The Labute approximate surface area is 99.7 Å². The molecule has 2 aromatic rings. The second-order valence-corrected chi connectivity index (χ2v) is 4.57. The van der Waals surface area contributed by atoms with Gasteiger partial charge in [-0.25, -0.2) is 4.98 Å². The lowest BCUT2D eigenvalue weighted by Crippen LogP contribution is -2.49. The summed E-state index contributed by atoms with van der Waals surface area (Å²) < 4.78 is 0. The first-order valence-corrected chi connectivity index (χ1v) is 5.77. The molecule has 4 heteroatoms. The number of β-amino-alcohol motifs (C(OH)–C–C–N with tert-alkyl or cyclic N) is 1. The van der Waals surface area contributed by atoms with Crippen LogP contribution in [0.2, 0.25) is 0 Å². The summed E-state index contributed by atoms with van der Waals surface area (Å²) in [6.45, 7) is 2.39. The Hall–Kier alpha value is -1.65. The Balaban J connectivity index is 1.93. The summed E-state index contributed by atoms with van der Waals surface area (Å²) >= 11 is 0. The van der Waals surface area contributed by atoms with Crippen LogP contribution in [0, 0.1) is 0 Å². The van der Waals surface area contributed by atoms with Crippen molar-refractivity contribution in [3.63, 3.8) is 0 Å². The van der Waals surface area contributed by atoms with Gasteiger partial charge in [-0.05, 0) is 23.8 Å². The van der Waals surface area contributed by atoms with E-state index >= 15 is 0 Å². The van der Waals surface area contributed by atoms with Gasteiger partial charge in [0.2, 0.25) is 0 Å². The molecule has 0 aliphatic carbocycles. The van der Waals surface area contributed by atoms with Gasteiger partial charge in [0.15, 0.2) is 0 Å². The van der Waals surface area contributed by atoms with E-state index in [9.17, 15) is 5.11 Å². The van der Waals surface area contributed by atoms with Gasteiger partial charge in [0.1, 0.15) is 5.82 Å². The van der Waals surface area contributed by atoms with Gasteiger partial charge in [-0.15, -0.1) is 0 Å². The average molecular weight is 229 g/mol. The summed E-state index contributed by atoms with van der Waals surface area (Å²) in [5.41, 5.74) is 7.85. The molecule has 2 heterocycles. The highest BCUT2D eigenvalue weighted by Crippen LogP contribution is 2.21. The maximum absolute atomic E-state index is 9.28. The van der Waals surface area contributed by atoms with Gasteiger partial charge in [0.25, 0.3) is 0 Å². The predicted octanol–water partition coefficient (Wildman–Crippen LogP) is 0.994. The maximum Gasteiger partial charge on any atom is 0.124 e. The molecule has 0 atom stereocenters. The second-order valence-electron chi connectivity index (χ2n) is 4.57. The van der Waals surface area contributed by atoms with E-state index in [0.717, 1.165) is 30.5 Å². The Kier molecular flexibility index (Phi) is 2.46. The van der Waals surface area contributed by atoms with Crippen molar-refractivity contribution in [1.29, 1.82) is 0 Å². The number of pyridine rings is 1. The van der Waals surface area contributed by atoms with Crippen LogP contribution in [-0.4, -0.2) is 34.2 Å². The fraction of sp³-hybridized carbons (Fsp3) is 0.308. The molecule has 1 aromatic carbocycles. The third-order valence-corrected chi connectivity index (χ3v) is 3.18. The molecule has 3 N–H and O–H groups in total. The smallest absolute Gasteiger partial charge is 0.124 e. The van der Waals surface area contributed by atoms with Gasteiger partial charge in [0.05, 0.1) is 11.6 Å². The number of anilines is 1. The zero-order chi connectivity index (χ0) is 11.8. The third-order valence-electron chi connectivity index (χ3n) is 3.18. The second kappa shape index (κ2) is 3.98. The Morgan fingerprint density at radius 1 is 1.29 bits per heavy atom.